The molecule has 1 aromatic rings. The fraction of sp³-hybridized carbons (Fsp3) is 0.562. The first-order chi connectivity index (χ1) is 9.98. The van der Waals surface area contributed by atoms with Crippen LogP contribution in [0.2, 0.25) is 0 Å². The van der Waals surface area contributed by atoms with Gasteiger partial charge in [0, 0.05) is 18.3 Å². The zero-order chi connectivity index (χ0) is 15.7. The summed E-state index contributed by atoms with van der Waals surface area (Å²) in [6, 6.07) is 8.04. The first kappa shape index (κ1) is 17.7. The number of nitrogens with one attached hydrogen (secondary N) is 2. The molecule has 0 spiro atoms. The van der Waals surface area contributed by atoms with E-state index in [0.717, 1.165) is 23.8 Å². The van der Waals surface area contributed by atoms with Gasteiger partial charge in [0.25, 0.3) is 0 Å². The Hall–Kier alpha value is -1.36. The second kappa shape index (κ2) is 8.82. The van der Waals surface area contributed by atoms with Gasteiger partial charge in [-0.3, -0.25) is 4.99 Å². The number of thioether (sulfide) groups is 1. The Balaban J connectivity index is 2.29. The predicted molar refractivity (Wildman–Crippen MR) is 93.6 cm³/mol. The molecule has 0 amide bonds. The van der Waals surface area contributed by atoms with Crippen LogP contribution in [0.25, 0.3) is 0 Å². The number of hydrogen-bond acceptors (Lipinski definition) is 3. The Morgan fingerprint density at radius 3 is 2.62 bits per heavy atom. The smallest absolute Gasteiger partial charge is 0.191 e. The summed E-state index contributed by atoms with van der Waals surface area (Å²) in [7, 11) is 1.78. The Labute approximate surface area is 132 Å². The summed E-state index contributed by atoms with van der Waals surface area (Å²) in [5.74, 6) is 1.75. The van der Waals surface area contributed by atoms with Crippen molar-refractivity contribution in [3.63, 3.8) is 0 Å². The number of hydrogen-bond donors (Lipinski definition) is 2. The lowest BCUT2D eigenvalue weighted by Crippen LogP contribution is -2.44. The van der Waals surface area contributed by atoms with Gasteiger partial charge in [-0.15, -0.1) is 0 Å². The quantitative estimate of drug-likeness (QED) is 0.462. The molecule has 4 nitrogen and oxygen atoms in total. The molecule has 0 radical (unpaired) electrons. The Morgan fingerprint density at radius 1 is 1.29 bits per heavy atom. The molecule has 0 bridgehead atoms. The number of para-hydroxylation sites is 1. The summed E-state index contributed by atoms with van der Waals surface area (Å²) >= 11 is 1.84. The summed E-state index contributed by atoms with van der Waals surface area (Å²) < 4.78 is 5.94. The molecule has 118 valence electrons. The van der Waals surface area contributed by atoms with Gasteiger partial charge in [0.2, 0.25) is 0 Å². The van der Waals surface area contributed by atoms with Crippen molar-refractivity contribution in [2.24, 2.45) is 4.99 Å². The van der Waals surface area contributed by atoms with E-state index in [1.165, 1.54) is 0 Å². The van der Waals surface area contributed by atoms with Gasteiger partial charge in [0.15, 0.2) is 5.96 Å². The first-order valence-electron chi connectivity index (χ1n) is 7.16. The Kier molecular flexibility index (Phi) is 7.43. The number of benzene rings is 1. The average molecular weight is 309 g/mol. The summed E-state index contributed by atoms with van der Waals surface area (Å²) in [5, 5.41) is 6.59. The summed E-state index contributed by atoms with van der Waals surface area (Å²) in [5.41, 5.74) is 1.15. The van der Waals surface area contributed by atoms with Crippen molar-refractivity contribution in [2.75, 3.05) is 33.0 Å². The second-order valence-electron chi connectivity index (χ2n) is 5.43. The van der Waals surface area contributed by atoms with Crippen molar-refractivity contribution in [1.29, 1.82) is 0 Å². The normalized spacial score (nSPS) is 12.1. The van der Waals surface area contributed by atoms with Crippen LogP contribution in [0.5, 0.6) is 5.75 Å². The van der Waals surface area contributed by atoms with E-state index in [-0.39, 0.29) is 4.75 Å². The van der Waals surface area contributed by atoms with Crippen LogP contribution in [0.1, 0.15) is 19.4 Å². The summed E-state index contributed by atoms with van der Waals surface area (Å²) in [4.78, 5) is 4.22. The lowest BCUT2D eigenvalue weighted by molar-refractivity contribution is 0.320. The van der Waals surface area contributed by atoms with Crippen LogP contribution in [0.15, 0.2) is 29.3 Å². The minimum Gasteiger partial charge on any atom is -0.491 e. The maximum Gasteiger partial charge on any atom is 0.191 e. The number of nitrogens with zero attached hydrogens (tertiary/aromatic N) is 1. The molecule has 0 atom stereocenters. The Bertz CT molecular complexity index is 461. The molecular formula is C16H27N3OS. The molecule has 0 saturated carbocycles. The minimum atomic E-state index is 0.190. The van der Waals surface area contributed by atoms with E-state index in [2.05, 4.69) is 35.7 Å². The zero-order valence-electron chi connectivity index (χ0n) is 13.7. The third-order valence-corrected chi connectivity index (χ3v) is 4.45. The molecule has 0 heterocycles. The van der Waals surface area contributed by atoms with Gasteiger partial charge in [-0.25, -0.2) is 0 Å². The highest BCUT2D eigenvalue weighted by atomic mass is 32.2. The van der Waals surface area contributed by atoms with Crippen LogP contribution < -0.4 is 15.4 Å². The standard InChI is InChI=1S/C16H27N3OS/c1-13-8-6-7-9-14(13)20-11-10-18-15(17-4)19-12-16(2,3)21-5/h6-9H,10-12H2,1-5H3,(H2,17,18,19). The van der Waals surface area contributed by atoms with Gasteiger partial charge < -0.3 is 15.4 Å². The molecule has 21 heavy (non-hydrogen) atoms. The topological polar surface area (TPSA) is 45.7 Å². The van der Waals surface area contributed by atoms with Crippen LogP contribution in [0.3, 0.4) is 0 Å². The number of aliphatic imine (C=N–C) groups is 1. The van der Waals surface area contributed by atoms with Gasteiger partial charge in [0.1, 0.15) is 12.4 Å². The molecule has 0 aliphatic heterocycles. The molecule has 0 aromatic heterocycles. The van der Waals surface area contributed by atoms with E-state index in [4.69, 9.17) is 4.74 Å². The third-order valence-electron chi connectivity index (χ3n) is 3.20. The molecule has 0 aliphatic rings. The number of aryl methyl sites for hydroxylation is 1. The molecule has 0 unspecified atom stereocenters. The van der Waals surface area contributed by atoms with E-state index < -0.39 is 0 Å². The van der Waals surface area contributed by atoms with Crippen molar-refractivity contribution in [3.8, 4) is 5.75 Å². The molecule has 0 aliphatic carbocycles. The van der Waals surface area contributed by atoms with Gasteiger partial charge in [-0.2, -0.15) is 11.8 Å². The zero-order valence-corrected chi connectivity index (χ0v) is 14.5. The van der Waals surface area contributed by atoms with E-state index in [0.29, 0.717) is 13.2 Å². The lowest BCUT2D eigenvalue weighted by atomic mass is 10.2. The molecule has 1 aromatic carbocycles. The minimum absolute atomic E-state index is 0.190. The third kappa shape index (κ3) is 6.76. The van der Waals surface area contributed by atoms with Crippen molar-refractivity contribution >= 4 is 17.7 Å². The largest absolute Gasteiger partial charge is 0.491 e. The van der Waals surface area contributed by atoms with E-state index in [9.17, 15) is 0 Å². The van der Waals surface area contributed by atoms with Crippen LogP contribution in [0, 0.1) is 6.92 Å². The number of ether oxygens (including phenoxy) is 1. The number of rotatable bonds is 7. The van der Waals surface area contributed by atoms with Crippen LogP contribution >= 0.6 is 11.8 Å². The monoisotopic (exact) mass is 309 g/mol. The second-order valence-corrected chi connectivity index (χ2v) is 6.94. The van der Waals surface area contributed by atoms with E-state index in [1.54, 1.807) is 7.05 Å². The van der Waals surface area contributed by atoms with Crippen LogP contribution in [0.4, 0.5) is 0 Å². The maximum atomic E-state index is 5.75. The average Bonchev–Trinajstić information content (AvgIpc) is 2.48. The van der Waals surface area contributed by atoms with Crippen molar-refractivity contribution in [1.82, 2.24) is 10.6 Å². The summed E-state index contributed by atoms with van der Waals surface area (Å²) in [6.07, 6.45) is 2.12. The summed E-state index contributed by atoms with van der Waals surface area (Å²) in [6.45, 7) is 8.66. The van der Waals surface area contributed by atoms with E-state index in [1.807, 2.05) is 43.0 Å². The van der Waals surface area contributed by atoms with E-state index >= 15 is 0 Å². The SMILES string of the molecule is CN=C(NCCOc1ccccc1C)NCC(C)(C)SC. The Morgan fingerprint density at radius 2 is 2.00 bits per heavy atom. The first-order valence-corrected chi connectivity index (χ1v) is 8.39. The van der Waals surface area contributed by atoms with Gasteiger partial charge >= 0.3 is 0 Å². The maximum absolute atomic E-state index is 5.75. The number of guanidine groups is 1. The van der Waals surface area contributed by atoms with Crippen molar-refractivity contribution in [2.45, 2.75) is 25.5 Å². The van der Waals surface area contributed by atoms with Crippen molar-refractivity contribution in [3.05, 3.63) is 29.8 Å². The van der Waals surface area contributed by atoms with Gasteiger partial charge in [-0.1, -0.05) is 18.2 Å². The fourth-order valence-corrected chi connectivity index (χ4v) is 1.85. The highest BCUT2D eigenvalue weighted by Gasteiger charge is 2.15. The van der Waals surface area contributed by atoms with Crippen LogP contribution in [-0.4, -0.2) is 43.7 Å². The molecular weight excluding hydrogens is 282 g/mol. The molecule has 0 saturated heterocycles. The molecule has 0 fully saturated rings. The van der Waals surface area contributed by atoms with Gasteiger partial charge in [-0.05, 0) is 38.7 Å². The highest BCUT2D eigenvalue weighted by molar-refractivity contribution is 7.99. The van der Waals surface area contributed by atoms with Crippen molar-refractivity contribution < 1.29 is 4.74 Å². The fourth-order valence-electron chi connectivity index (χ4n) is 1.64. The molecule has 2 N–H and O–H groups in total. The molecule has 1 rings (SSSR count). The highest BCUT2D eigenvalue weighted by Crippen LogP contribution is 2.19. The van der Waals surface area contributed by atoms with Gasteiger partial charge in [0.05, 0.1) is 6.54 Å². The van der Waals surface area contributed by atoms with Crippen LogP contribution in [-0.2, 0) is 0 Å². The molecule has 5 heteroatoms. The lowest BCUT2D eigenvalue weighted by Gasteiger charge is -2.23. The predicted octanol–water partition coefficient (Wildman–Crippen LogP) is 2.68.